The van der Waals surface area contributed by atoms with Crippen molar-refractivity contribution in [2.24, 2.45) is 17.8 Å². The SMILES string of the molecule is COC(=O)CC1[C@H]2CN(c3nc(N4CC[C@@H]4C)nc(C(F)(F)F)c3I)C[C@@H]12. The van der Waals surface area contributed by atoms with E-state index >= 15 is 0 Å². The smallest absolute Gasteiger partial charge is 0.434 e. The quantitative estimate of drug-likeness (QED) is 0.472. The summed E-state index contributed by atoms with van der Waals surface area (Å²) < 4.78 is 45.3. The van der Waals surface area contributed by atoms with E-state index in [0.717, 1.165) is 6.42 Å². The van der Waals surface area contributed by atoms with E-state index in [0.29, 0.717) is 43.7 Å². The number of alkyl halides is 3. The highest BCUT2D eigenvalue weighted by Gasteiger charge is 2.57. The first-order valence-corrected chi connectivity index (χ1v) is 10.0. The van der Waals surface area contributed by atoms with Gasteiger partial charge in [-0.25, -0.2) is 4.98 Å². The third-order valence-electron chi connectivity index (χ3n) is 5.97. The van der Waals surface area contributed by atoms with Crippen LogP contribution in [-0.4, -0.2) is 48.7 Å². The number of rotatable bonds is 4. The zero-order valence-corrected chi connectivity index (χ0v) is 17.1. The van der Waals surface area contributed by atoms with Crippen LogP contribution in [0.3, 0.4) is 0 Å². The Bertz CT molecular complexity index is 763. The first-order valence-electron chi connectivity index (χ1n) is 8.93. The number of methoxy groups -OCH3 is 1. The molecular weight excluding hydrogens is 476 g/mol. The minimum atomic E-state index is -4.52. The van der Waals surface area contributed by atoms with Crippen LogP contribution >= 0.6 is 22.6 Å². The van der Waals surface area contributed by atoms with E-state index in [1.54, 1.807) is 22.6 Å². The normalized spacial score (nSPS) is 29.4. The number of halogens is 4. The lowest BCUT2D eigenvalue weighted by Gasteiger charge is -2.39. The highest BCUT2D eigenvalue weighted by atomic mass is 127. The monoisotopic (exact) mass is 496 g/mol. The third kappa shape index (κ3) is 3.33. The number of carbonyl (C=O) groups excluding carboxylic acids is 1. The van der Waals surface area contributed by atoms with Gasteiger partial charge in [-0.3, -0.25) is 4.79 Å². The summed E-state index contributed by atoms with van der Waals surface area (Å²) in [6.45, 7) is 3.86. The fourth-order valence-electron chi connectivity index (χ4n) is 4.16. The van der Waals surface area contributed by atoms with E-state index in [1.165, 1.54) is 7.11 Å². The van der Waals surface area contributed by atoms with E-state index in [9.17, 15) is 18.0 Å². The highest BCUT2D eigenvalue weighted by molar-refractivity contribution is 14.1. The van der Waals surface area contributed by atoms with Crippen molar-refractivity contribution in [2.75, 3.05) is 36.5 Å². The van der Waals surface area contributed by atoms with Gasteiger partial charge >= 0.3 is 12.1 Å². The lowest BCUT2D eigenvalue weighted by atomic mass is 10.1. The Labute approximate surface area is 168 Å². The van der Waals surface area contributed by atoms with E-state index in [1.807, 2.05) is 16.7 Å². The second-order valence-corrected chi connectivity index (χ2v) is 8.59. The van der Waals surface area contributed by atoms with Gasteiger partial charge in [-0.2, -0.15) is 18.2 Å². The summed E-state index contributed by atoms with van der Waals surface area (Å²) in [5.74, 6) is 1.18. The zero-order valence-electron chi connectivity index (χ0n) is 15.0. The maximum absolute atomic E-state index is 13.5. The summed E-state index contributed by atoms with van der Waals surface area (Å²) in [4.78, 5) is 23.5. The molecule has 2 aliphatic heterocycles. The molecule has 0 N–H and O–H groups in total. The zero-order chi connectivity index (χ0) is 19.5. The van der Waals surface area contributed by atoms with Crippen LogP contribution in [0.5, 0.6) is 0 Å². The Morgan fingerprint density at radius 1 is 1.30 bits per heavy atom. The second-order valence-electron chi connectivity index (χ2n) is 7.52. The maximum atomic E-state index is 13.5. The van der Waals surface area contributed by atoms with Gasteiger partial charge in [0.15, 0.2) is 5.69 Å². The lowest BCUT2D eigenvalue weighted by molar-refractivity contribution is -0.142. The number of ether oxygens (including phenoxy) is 1. The molecule has 0 bridgehead atoms. The number of hydrogen-bond donors (Lipinski definition) is 0. The largest absolute Gasteiger partial charge is 0.469 e. The number of carbonyl (C=O) groups is 1. The van der Waals surface area contributed by atoms with Crippen molar-refractivity contribution >= 4 is 40.3 Å². The summed E-state index contributed by atoms with van der Waals surface area (Å²) in [7, 11) is 1.37. The van der Waals surface area contributed by atoms with Crippen molar-refractivity contribution in [3.63, 3.8) is 0 Å². The van der Waals surface area contributed by atoms with Crippen LogP contribution in [0.15, 0.2) is 0 Å². The standard InChI is InChI=1S/C17H20F3IN4O2/c1-8-3-4-25(8)16-22-14(17(18,19)20)13(21)15(23-16)24-6-10-9(11(10)7-24)5-12(26)27-2/h8-11H,3-7H2,1-2H3/t8-,9?,10-,11+/m0/s1. The minimum Gasteiger partial charge on any atom is -0.469 e. The van der Waals surface area contributed by atoms with Gasteiger partial charge in [0.2, 0.25) is 5.95 Å². The molecule has 3 heterocycles. The van der Waals surface area contributed by atoms with Crippen LogP contribution in [0.1, 0.15) is 25.5 Å². The van der Waals surface area contributed by atoms with Crippen LogP contribution in [0.25, 0.3) is 0 Å². The predicted molar refractivity (Wildman–Crippen MR) is 100 cm³/mol. The highest BCUT2D eigenvalue weighted by Crippen LogP contribution is 2.55. The summed E-state index contributed by atoms with van der Waals surface area (Å²) in [6, 6.07) is 0.149. The average molecular weight is 496 g/mol. The van der Waals surface area contributed by atoms with E-state index in [2.05, 4.69) is 9.97 Å². The molecule has 10 heteroatoms. The molecule has 6 nitrogen and oxygen atoms in total. The molecule has 1 aromatic rings. The lowest BCUT2D eigenvalue weighted by Crippen LogP contribution is -2.47. The van der Waals surface area contributed by atoms with Crippen molar-refractivity contribution in [2.45, 2.75) is 32.0 Å². The summed E-state index contributed by atoms with van der Waals surface area (Å²) in [6.07, 6.45) is -3.22. The first-order chi connectivity index (χ1) is 12.7. The summed E-state index contributed by atoms with van der Waals surface area (Å²) in [5.41, 5.74) is -0.867. The number of piperidine rings is 1. The van der Waals surface area contributed by atoms with E-state index < -0.39 is 11.9 Å². The van der Waals surface area contributed by atoms with Crippen LogP contribution in [0, 0.1) is 21.3 Å². The van der Waals surface area contributed by atoms with Crippen LogP contribution < -0.4 is 9.80 Å². The number of hydrogen-bond acceptors (Lipinski definition) is 6. The molecule has 1 unspecified atom stereocenters. The Hall–Kier alpha value is -1.33. The molecule has 1 saturated carbocycles. The molecule has 148 valence electrons. The van der Waals surface area contributed by atoms with Crippen molar-refractivity contribution < 1.29 is 22.7 Å². The van der Waals surface area contributed by atoms with Crippen LogP contribution in [-0.2, 0) is 15.7 Å². The number of anilines is 2. The topological polar surface area (TPSA) is 58.6 Å². The van der Waals surface area contributed by atoms with Crippen LogP contribution in [0.2, 0.25) is 0 Å². The van der Waals surface area contributed by atoms with Gasteiger partial charge in [0, 0.05) is 32.1 Å². The van der Waals surface area contributed by atoms with E-state index in [-0.39, 0.29) is 27.4 Å². The van der Waals surface area contributed by atoms with Gasteiger partial charge in [0.25, 0.3) is 0 Å². The molecule has 0 aromatic carbocycles. The summed E-state index contributed by atoms with van der Waals surface area (Å²) >= 11 is 1.71. The molecule has 0 amide bonds. The fraction of sp³-hybridized carbons (Fsp3) is 0.706. The molecule has 0 radical (unpaired) electrons. The van der Waals surface area contributed by atoms with Gasteiger partial charge in [0.1, 0.15) is 5.82 Å². The predicted octanol–water partition coefficient (Wildman–Crippen LogP) is 2.94. The maximum Gasteiger partial charge on any atom is 0.434 e. The molecule has 27 heavy (non-hydrogen) atoms. The Kier molecular flexibility index (Phi) is 4.66. The molecular formula is C17H20F3IN4O2. The van der Waals surface area contributed by atoms with Crippen molar-refractivity contribution in [1.82, 2.24) is 9.97 Å². The Balaban J connectivity index is 1.58. The molecule has 3 fully saturated rings. The minimum absolute atomic E-state index is 0.0443. The van der Waals surface area contributed by atoms with Crippen molar-refractivity contribution in [3.05, 3.63) is 9.26 Å². The molecule has 1 aliphatic carbocycles. The van der Waals surface area contributed by atoms with Gasteiger partial charge in [-0.15, -0.1) is 0 Å². The average Bonchev–Trinajstić information content (AvgIpc) is 3.03. The summed E-state index contributed by atoms with van der Waals surface area (Å²) in [5, 5.41) is 0. The first kappa shape index (κ1) is 19.0. The number of esters is 1. The van der Waals surface area contributed by atoms with Gasteiger partial charge < -0.3 is 14.5 Å². The van der Waals surface area contributed by atoms with Crippen LogP contribution in [0.4, 0.5) is 24.9 Å². The molecule has 2 saturated heterocycles. The molecule has 4 rings (SSSR count). The number of fused-ring (bicyclic) bond motifs is 1. The Morgan fingerprint density at radius 2 is 1.96 bits per heavy atom. The third-order valence-corrected chi connectivity index (χ3v) is 6.96. The van der Waals surface area contributed by atoms with Crippen molar-refractivity contribution in [1.29, 1.82) is 0 Å². The number of nitrogens with zero attached hydrogens (tertiary/aromatic N) is 4. The van der Waals surface area contributed by atoms with Gasteiger partial charge in [-0.1, -0.05) is 0 Å². The second kappa shape index (κ2) is 6.63. The van der Waals surface area contributed by atoms with Crippen molar-refractivity contribution in [3.8, 4) is 0 Å². The fourth-order valence-corrected chi connectivity index (χ4v) is 5.05. The number of aromatic nitrogens is 2. The molecule has 3 aliphatic rings. The van der Waals surface area contributed by atoms with Gasteiger partial charge in [-0.05, 0) is 53.7 Å². The van der Waals surface area contributed by atoms with E-state index in [4.69, 9.17) is 4.74 Å². The Morgan fingerprint density at radius 3 is 2.44 bits per heavy atom. The molecule has 0 spiro atoms. The molecule has 1 aromatic heterocycles. The molecule has 4 atom stereocenters. The van der Waals surface area contributed by atoms with Gasteiger partial charge in [0.05, 0.1) is 10.7 Å².